The van der Waals surface area contributed by atoms with Gasteiger partial charge in [0, 0.05) is 12.4 Å². The average Bonchev–Trinajstić information content (AvgIpc) is 3.04. The molecule has 2 aromatic heterocycles. The van der Waals surface area contributed by atoms with E-state index in [1.54, 1.807) is 6.07 Å². The van der Waals surface area contributed by atoms with Crippen molar-refractivity contribution in [1.82, 2.24) is 15.1 Å². The van der Waals surface area contributed by atoms with E-state index in [0.717, 1.165) is 5.56 Å². The minimum Gasteiger partial charge on any atom is -0.471 e. The highest BCUT2D eigenvalue weighted by molar-refractivity contribution is 6.01. The highest BCUT2D eigenvalue weighted by Crippen LogP contribution is 2.14. The maximum Gasteiger partial charge on any atom is 0.296 e. The van der Waals surface area contributed by atoms with Crippen molar-refractivity contribution in [1.29, 1.82) is 0 Å². The van der Waals surface area contributed by atoms with Crippen LogP contribution < -0.4 is 10.1 Å². The molecule has 7 nitrogen and oxygen atoms in total. The lowest BCUT2D eigenvalue weighted by atomic mass is 10.2. The number of rotatable bonds is 5. The van der Waals surface area contributed by atoms with Crippen LogP contribution in [0.1, 0.15) is 16.1 Å². The van der Waals surface area contributed by atoms with Gasteiger partial charge in [-0.2, -0.15) is 0 Å². The lowest BCUT2D eigenvalue weighted by molar-refractivity contribution is 0.0986. The second-order valence-electron chi connectivity index (χ2n) is 4.33. The van der Waals surface area contributed by atoms with Gasteiger partial charge in [-0.25, -0.2) is 9.97 Å². The SMILES string of the molecule is O=C(Nc1ncccn1)c1cc(OCc2ccccc2)no1. The van der Waals surface area contributed by atoms with Crippen LogP contribution in [0.25, 0.3) is 0 Å². The Morgan fingerprint density at radius 1 is 1.14 bits per heavy atom. The molecule has 110 valence electrons. The molecule has 3 aromatic rings. The third kappa shape index (κ3) is 3.45. The minimum atomic E-state index is -0.492. The van der Waals surface area contributed by atoms with E-state index in [-0.39, 0.29) is 17.6 Å². The van der Waals surface area contributed by atoms with Crippen LogP contribution in [0, 0.1) is 0 Å². The summed E-state index contributed by atoms with van der Waals surface area (Å²) in [7, 11) is 0. The Kier molecular flexibility index (Phi) is 4.05. The van der Waals surface area contributed by atoms with Crippen molar-refractivity contribution in [3.05, 3.63) is 66.2 Å². The summed E-state index contributed by atoms with van der Waals surface area (Å²) in [6.07, 6.45) is 3.05. The van der Waals surface area contributed by atoms with Crippen LogP contribution in [0.4, 0.5) is 5.95 Å². The Hall–Kier alpha value is -3.22. The van der Waals surface area contributed by atoms with E-state index in [1.807, 2.05) is 30.3 Å². The van der Waals surface area contributed by atoms with Crippen LogP contribution in [0.15, 0.2) is 59.4 Å². The van der Waals surface area contributed by atoms with Crippen LogP contribution in [0.5, 0.6) is 5.88 Å². The number of nitrogens with one attached hydrogen (secondary N) is 1. The Morgan fingerprint density at radius 3 is 2.68 bits per heavy atom. The average molecular weight is 296 g/mol. The molecular weight excluding hydrogens is 284 g/mol. The van der Waals surface area contributed by atoms with E-state index in [0.29, 0.717) is 6.61 Å². The van der Waals surface area contributed by atoms with E-state index in [9.17, 15) is 4.79 Å². The molecule has 1 amide bonds. The van der Waals surface area contributed by atoms with Crippen molar-refractivity contribution in [2.75, 3.05) is 5.32 Å². The number of anilines is 1. The van der Waals surface area contributed by atoms with E-state index < -0.39 is 5.91 Å². The fourth-order valence-electron chi connectivity index (χ4n) is 1.69. The van der Waals surface area contributed by atoms with Crippen LogP contribution in [-0.2, 0) is 6.61 Å². The first-order valence-electron chi connectivity index (χ1n) is 6.53. The molecule has 0 unspecified atom stereocenters. The summed E-state index contributed by atoms with van der Waals surface area (Å²) in [5.41, 5.74) is 0.995. The van der Waals surface area contributed by atoms with Gasteiger partial charge in [-0.15, -0.1) is 0 Å². The Bertz CT molecular complexity index is 744. The summed E-state index contributed by atoms with van der Waals surface area (Å²) in [5.74, 6) is -0.0394. The molecule has 0 aliphatic heterocycles. The predicted molar refractivity (Wildman–Crippen MR) is 77.3 cm³/mol. The van der Waals surface area contributed by atoms with Gasteiger partial charge in [0.1, 0.15) is 6.61 Å². The lowest BCUT2D eigenvalue weighted by Crippen LogP contribution is -2.13. The monoisotopic (exact) mass is 296 g/mol. The van der Waals surface area contributed by atoms with E-state index in [4.69, 9.17) is 9.26 Å². The third-order valence-electron chi connectivity index (χ3n) is 2.73. The number of amides is 1. The fraction of sp³-hybridized carbons (Fsp3) is 0.0667. The van der Waals surface area contributed by atoms with Gasteiger partial charge >= 0.3 is 0 Å². The second kappa shape index (κ2) is 6.49. The van der Waals surface area contributed by atoms with Crippen LogP contribution >= 0.6 is 0 Å². The smallest absolute Gasteiger partial charge is 0.296 e. The summed E-state index contributed by atoms with van der Waals surface area (Å²) in [6, 6.07) is 12.7. The van der Waals surface area contributed by atoms with Crippen molar-refractivity contribution in [3.8, 4) is 5.88 Å². The van der Waals surface area contributed by atoms with Gasteiger partial charge in [-0.05, 0) is 16.8 Å². The largest absolute Gasteiger partial charge is 0.471 e. The zero-order valence-corrected chi connectivity index (χ0v) is 11.5. The van der Waals surface area contributed by atoms with Crippen molar-refractivity contribution >= 4 is 11.9 Å². The molecule has 3 rings (SSSR count). The van der Waals surface area contributed by atoms with Gasteiger partial charge in [0.05, 0.1) is 6.07 Å². The molecule has 22 heavy (non-hydrogen) atoms. The number of hydrogen-bond acceptors (Lipinski definition) is 6. The normalized spacial score (nSPS) is 10.2. The first kappa shape index (κ1) is 13.7. The Morgan fingerprint density at radius 2 is 1.91 bits per heavy atom. The van der Waals surface area contributed by atoms with Gasteiger partial charge < -0.3 is 9.26 Å². The molecule has 0 saturated carbocycles. The number of benzene rings is 1. The molecule has 0 radical (unpaired) electrons. The van der Waals surface area contributed by atoms with Gasteiger partial charge in [-0.1, -0.05) is 30.3 Å². The van der Waals surface area contributed by atoms with Gasteiger partial charge in [-0.3, -0.25) is 10.1 Å². The maximum atomic E-state index is 11.9. The van der Waals surface area contributed by atoms with E-state index in [2.05, 4.69) is 20.4 Å². The van der Waals surface area contributed by atoms with Crippen LogP contribution in [0.2, 0.25) is 0 Å². The molecular formula is C15H12N4O3. The number of aromatic nitrogens is 3. The predicted octanol–water partition coefficient (Wildman–Crippen LogP) is 2.30. The summed E-state index contributed by atoms with van der Waals surface area (Å²) in [4.78, 5) is 19.7. The molecule has 0 fully saturated rings. The van der Waals surface area contributed by atoms with Gasteiger partial charge in [0.25, 0.3) is 11.8 Å². The number of ether oxygens (including phenoxy) is 1. The van der Waals surface area contributed by atoms with Crippen molar-refractivity contribution in [2.24, 2.45) is 0 Å². The first-order chi connectivity index (χ1) is 10.8. The number of carbonyl (C=O) groups excluding carboxylic acids is 1. The molecule has 1 aromatic carbocycles. The van der Waals surface area contributed by atoms with Crippen LogP contribution in [0.3, 0.4) is 0 Å². The molecule has 7 heteroatoms. The van der Waals surface area contributed by atoms with Crippen molar-refractivity contribution < 1.29 is 14.1 Å². The number of nitrogens with zero attached hydrogens (tertiary/aromatic N) is 3. The highest BCUT2D eigenvalue weighted by atomic mass is 16.5. The first-order valence-corrected chi connectivity index (χ1v) is 6.53. The zero-order valence-electron chi connectivity index (χ0n) is 11.5. The molecule has 0 saturated heterocycles. The number of carbonyl (C=O) groups is 1. The van der Waals surface area contributed by atoms with Gasteiger partial charge in [0.15, 0.2) is 0 Å². The molecule has 1 N–H and O–H groups in total. The highest BCUT2D eigenvalue weighted by Gasteiger charge is 2.15. The molecule has 0 bridgehead atoms. The molecule has 2 heterocycles. The standard InChI is InChI=1S/C15H12N4O3/c20-14(18-15-16-7-4-8-17-15)12-9-13(19-22-12)21-10-11-5-2-1-3-6-11/h1-9H,10H2,(H,16,17,18,20). The molecule has 0 aliphatic carbocycles. The Labute approximate surface area is 126 Å². The molecule has 0 atom stereocenters. The van der Waals surface area contributed by atoms with Crippen LogP contribution in [-0.4, -0.2) is 21.0 Å². The van der Waals surface area contributed by atoms with Gasteiger partial charge in [0.2, 0.25) is 11.7 Å². The molecule has 0 aliphatic rings. The topological polar surface area (TPSA) is 90.1 Å². The quantitative estimate of drug-likeness (QED) is 0.777. The summed E-state index contributed by atoms with van der Waals surface area (Å²) in [5, 5.41) is 6.19. The summed E-state index contributed by atoms with van der Waals surface area (Å²) >= 11 is 0. The van der Waals surface area contributed by atoms with Crippen molar-refractivity contribution in [3.63, 3.8) is 0 Å². The lowest BCUT2D eigenvalue weighted by Gasteiger charge is -2.00. The summed E-state index contributed by atoms with van der Waals surface area (Å²) in [6.45, 7) is 0.343. The van der Waals surface area contributed by atoms with E-state index >= 15 is 0 Å². The maximum absolute atomic E-state index is 11.9. The fourth-order valence-corrected chi connectivity index (χ4v) is 1.69. The number of hydrogen-bond donors (Lipinski definition) is 1. The Balaban J connectivity index is 1.60. The third-order valence-corrected chi connectivity index (χ3v) is 2.73. The van der Waals surface area contributed by atoms with E-state index in [1.165, 1.54) is 18.5 Å². The van der Waals surface area contributed by atoms with Crippen molar-refractivity contribution in [2.45, 2.75) is 6.61 Å². The molecule has 0 spiro atoms. The zero-order chi connectivity index (χ0) is 15.2. The summed E-state index contributed by atoms with van der Waals surface area (Å²) < 4.78 is 10.4. The minimum absolute atomic E-state index is 0.0236. The second-order valence-corrected chi connectivity index (χ2v) is 4.33.